The van der Waals surface area contributed by atoms with Gasteiger partial charge in [-0.2, -0.15) is 4.31 Å². The number of aromatic nitrogens is 2. The van der Waals surface area contributed by atoms with E-state index in [0.717, 1.165) is 22.9 Å². The number of carbonyl (C=O) groups excluding carboxylic acids is 1. The number of anilines is 1. The number of carbonyl (C=O) groups is 1. The summed E-state index contributed by atoms with van der Waals surface area (Å²) >= 11 is 1.13. The zero-order chi connectivity index (χ0) is 22.6. The van der Waals surface area contributed by atoms with Crippen molar-refractivity contribution in [2.45, 2.75) is 17.0 Å². The zero-order valence-corrected chi connectivity index (χ0v) is 19.0. The molecule has 1 fully saturated rings. The molecule has 0 bridgehead atoms. The number of ether oxygens (including phenoxy) is 1. The molecule has 11 heteroatoms. The fourth-order valence-corrected chi connectivity index (χ4v) is 5.02. The van der Waals surface area contributed by atoms with Gasteiger partial charge >= 0.3 is 0 Å². The minimum atomic E-state index is -3.57. The molecule has 1 amide bonds. The van der Waals surface area contributed by atoms with Crippen molar-refractivity contribution in [2.75, 3.05) is 37.4 Å². The average molecular weight is 475 g/mol. The maximum Gasteiger partial charge on any atom is 0.277 e. The molecule has 1 aromatic heterocycles. The normalized spacial score (nSPS) is 14.9. The number of rotatable bonds is 7. The molecule has 1 N–H and O–H groups in total. The van der Waals surface area contributed by atoms with Crippen LogP contribution in [-0.4, -0.2) is 60.9 Å². The molecule has 0 radical (unpaired) electrons. The van der Waals surface area contributed by atoms with E-state index < -0.39 is 10.0 Å². The highest BCUT2D eigenvalue weighted by molar-refractivity contribution is 7.99. The average Bonchev–Trinajstić information content (AvgIpc) is 3.28. The molecule has 32 heavy (non-hydrogen) atoms. The highest BCUT2D eigenvalue weighted by atomic mass is 32.2. The van der Waals surface area contributed by atoms with Gasteiger partial charge in [-0.3, -0.25) is 4.79 Å². The first-order valence-electron chi connectivity index (χ1n) is 9.93. The summed E-state index contributed by atoms with van der Waals surface area (Å²) in [6, 6.07) is 13.8. The topological polar surface area (TPSA) is 115 Å². The van der Waals surface area contributed by atoms with Gasteiger partial charge in [0.2, 0.25) is 21.8 Å². The standard InChI is InChI=1S/C21H22N4O5S2/c1-15-2-4-16(5-3-15)20-23-24-21(30-20)31-14-19(26)22-17-6-8-18(9-7-17)32(27,28)25-10-12-29-13-11-25/h2-9H,10-14H2,1H3,(H,22,26). The van der Waals surface area contributed by atoms with E-state index in [0.29, 0.717) is 43.1 Å². The Morgan fingerprint density at radius 2 is 1.75 bits per heavy atom. The van der Waals surface area contributed by atoms with Gasteiger partial charge in [0, 0.05) is 24.3 Å². The summed E-state index contributed by atoms with van der Waals surface area (Å²) in [5.74, 6) is 0.197. The van der Waals surface area contributed by atoms with Crippen LogP contribution in [0.3, 0.4) is 0 Å². The molecule has 0 spiro atoms. The number of nitrogens with zero attached hydrogens (tertiary/aromatic N) is 3. The second-order valence-corrected chi connectivity index (χ2v) is 9.98. The molecule has 0 aliphatic carbocycles. The summed E-state index contributed by atoms with van der Waals surface area (Å²) in [5.41, 5.74) is 2.44. The minimum Gasteiger partial charge on any atom is -0.411 e. The molecule has 2 heterocycles. The van der Waals surface area contributed by atoms with E-state index in [-0.39, 0.29) is 16.6 Å². The van der Waals surface area contributed by atoms with E-state index in [1.807, 2.05) is 31.2 Å². The first-order valence-corrected chi connectivity index (χ1v) is 12.4. The van der Waals surface area contributed by atoms with Crippen LogP contribution in [0.25, 0.3) is 11.5 Å². The predicted molar refractivity (Wildman–Crippen MR) is 120 cm³/mol. The summed E-state index contributed by atoms with van der Waals surface area (Å²) in [5, 5.41) is 11.0. The third-order valence-corrected chi connectivity index (χ3v) is 7.51. The van der Waals surface area contributed by atoms with Crippen LogP contribution in [0.2, 0.25) is 0 Å². The third-order valence-electron chi connectivity index (χ3n) is 4.78. The van der Waals surface area contributed by atoms with Crippen molar-refractivity contribution < 1.29 is 22.4 Å². The number of amides is 1. The van der Waals surface area contributed by atoms with Gasteiger partial charge in [0.05, 0.1) is 23.9 Å². The van der Waals surface area contributed by atoms with Gasteiger partial charge in [0.15, 0.2) is 0 Å². The maximum absolute atomic E-state index is 12.7. The Morgan fingerprint density at radius 1 is 1.06 bits per heavy atom. The summed E-state index contributed by atoms with van der Waals surface area (Å²) in [6.45, 7) is 3.43. The molecule has 1 saturated heterocycles. The molecule has 1 aliphatic heterocycles. The van der Waals surface area contributed by atoms with Crippen molar-refractivity contribution in [1.82, 2.24) is 14.5 Å². The number of benzene rings is 2. The van der Waals surface area contributed by atoms with Crippen molar-refractivity contribution in [2.24, 2.45) is 0 Å². The van der Waals surface area contributed by atoms with Crippen molar-refractivity contribution >= 4 is 33.4 Å². The van der Waals surface area contributed by atoms with E-state index in [1.54, 1.807) is 12.1 Å². The monoisotopic (exact) mass is 474 g/mol. The Labute approximate surface area is 190 Å². The fraction of sp³-hybridized carbons (Fsp3) is 0.286. The van der Waals surface area contributed by atoms with E-state index in [9.17, 15) is 13.2 Å². The third kappa shape index (κ3) is 5.36. The number of aryl methyl sites for hydroxylation is 1. The van der Waals surface area contributed by atoms with Crippen LogP contribution in [0.4, 0.5) is 5.69 Å². The van der Waals surface area contributed by atoms with E-state index >= 15 is 0 Å². The van der Waals surface area contributed by atoms with Crippen LogP contribution in [-0.2, 0) is 19.6 Å². The van der Waals surface area contributed by atoms with Crippen LogP contribution in [0.1, 0.15) is 5.56 Å². The fourth-order valence-electron chi connectivity index (χ4n) is 3.05. The summed E-state index contributed by atoms with van der Waals surface area (Å²) in [4.78, 5) is 12.4. The first kappa shape index (κ1) is 22.5. The lowest BCUT2D eigenvalue weighted by molar-refractivity contribution is -0.113. The minimum absolute atomic E-state index is 0.0728. The Kier molecular flexibility index (Phi) is 6.89. The number of hydrogen-bond acceptors (Lipinski definition) is 8. The molecular formula is C21H22N4O5S2. The molecule has 168 valence electrons. The van der Waals surface area contributed by atoms with E-state index in [4.69, 9.17) is 9.15 Å². The lowest BCUT2D eigenvalue weighted by atomic mass is 10.1. The van der Waals surface area contributed by atoms with Gasteiger partial charge in [-0.15, -0.1) is 10.2 Å². The number of thioether (sulfide) groups is 1. The zero-order valence-electron chi connectivity index (χ0n) is 17.4. The van der Waals surface area contributed by atoms with E-state index in [1.165, 1.54) is 16.4 Å². The Balaban J connectivity index is 1.31. The molecule has 0 saturated carbocycles. The predicted octanol–water partition coefficient (Wildman–Crippen LogP) is 2.80. The van der Waals surface area contributed by atoms with Crippen LogP contribution in [0.5, 0.6) is 0 Å². The molecule has 0 unspecified atom stereocenters. The van der Waals surface area contributed by atoms with Crippen molar-refractivity contribution in [3.8, 4) is 11.5 Å². The second-order valence-electron chi connectivity index (χ2n) is 7.12. The van der Waals surface area contributed by atoms with Crippen LogP contribution < -0.4 is 5.32 Å². The SMILES string of the molecule is Cc1ccc(-c2nnc(SCC(=O)Nc3ccc(S(=O)(=O)N4CCOCC4)cc3)o2)cc1. The quantitative estimate of drug-likeness (QED) is 0.520. The van der Waals surface area contributed by atoms with Gasteiger partial charge in [-0.1, -0.05) is 29.5 Å². The smallest absolute Gasteiger partial charge is 0.277 e. The Hall–Kier alpha value is -2.73. The summed E-state index contributed by atoms with van der Waals surface area (Å²) in [7, 11) is -3.57. The second kappa shape index (κ2) is 9.82. The number of sulfonamides is 1. The molecule has 3 aromatic rings. The van der Waals surface area contributed by atoms with Crippen molar-refractivity contribution in [3.05, 3.63) is 54.1 Å². The van der Waals surface area contributed by atoms with Gasteiger partial charge in [-0.05, 0) is 43.3 Å². The van der Waals surface area contributed by atoms with Crippen LogP contribution in [0, 0.1) is 6.92 Å². The highest BCUT2D eigenvalue weighted by Crippen LogP contribution is 2.24. The van der Waals surface area contributed by atoms with Crippen LogP contribution in [0.15, 0.2) is 63.1 Å². The number of hydrogen-bond donors (Lipinski definition) is 1. The Morgan fingerprint density at radius 3 is 2.44 bits per heavy atom. The lowest BCUT2D eigenvalue weighted by Gasteiger charge is -2.26. The Bertz CT molecular complexity index is 1170. The highest BCUT2D eigenvalue weighted by Gasteiger charge is 2.26. The van der Waals surface area contributed by atoms with Gasteiger partial charge in [-0.25, -0.2) is 8.42 Å². The van der Waals surface area contributed by atoms with Crippen molar-refractivity contribution in [3.63, 3.8) is 0 Å². The largest absolute Gasteiger partial charge is 0.411 e. The maximum atomic E-state index is 12.7. The molecular weight excluding hydrogens is 452 g/mol. The molecule has 1 aliphatic rings. The molecule has 4 rings (SSSR count). The number of nitrogens with one attached hydrogen (secondary N) is 1. The summed E-state index contributed by atoms with van der Waals surface area (Å²) < 4.78 is 37.5. The van der Waals surface area contributed by atoms with Crippen LogP contribution >= 0.6 is 11.8 Å². The molecule has 2 aromatic carbocycles. The first-order chi connectivity index (χ1) is 15.4. The van der Waals surface area contributed by atoms with Crippen molar-refractivity contribution in [1.29, 1.82) is 0 Å². The molecule has 0 atom stereocenters. The van der Waals surface area contributed by atoms with Gasteiger partial charge in [0.25, 0.3) is 5.22 Å². The number of morpholine rings is 1. The summed E-state index contributed by atoms with van der Waals surface area (Å²) in [6.07, 6.45) is 0. The molecule has 9 nitrogen and oxygen atoms in total. The van der Waals surface area contributed by atoms with Gasteiger partial charge < -0.3 is 14.5 Å². The van der Waals surface area contributed by atoms with Gasteiger partial charge in [0.1, 0.15) is 0 Å². The lowest BCUT2D eigenvalue weighted by Crippen LogP contribution is -2.40. The van der Waals surface area contributed by atoms with E-state index in [2.05, 4.69) is 15.5 Å².